The van der Waals surface area contributed by atoms with Gasteiger partial charge in [-0.15, -0.1) is 11.3 Å². The molecule has 0 aliphatic rings. The lowest BCUT2D eigenvalue weighted by molar-refractivity contribution is 0.141. The standard InChI is InChI=1S/C7H8N4O2S/c8-1-5(12)7-10-6(11-13-7)4-2-14-3-9-4/h2-3,5,12H,1,8H2. The zero-order chi connectivity index (χ0) is 9.97. The zero-order valence-electron chi connectivity index (χ0n) is 7.12. The first-order chi connectivity index (χ1) is 6.81. The molecule has 0 spiro atoms. The largest absolute Gasteiger partial charge is 0.382 e. The Morgan fingerprint density at radius 2 is 2.50 bits per heavy atom. The highest BCUT2D eigenvalue weighted by atomic mass is 32.1. The number of aromatic nitrogens is 3. The Labute approximate surface area is 83.4 Å². The second-order valence-electron chi connectivity index (χ2n) is 2.58. The molecule has 14 heavy (non-hydrogen) atoms. The van der Waals surface area contributed by atoms with Crippen molar-refractivity contribution in [2.75, 3.05) is 6.54 Å². The van der Waals surface area contributed by atoms with E-state index >= 15 is 0 Å². The minimum atomic E-state index is -0.908. The summed E-state index contributed by atoms with van der Waals surface area (Å²) in [6, 6.07) is 0. The number of thiazole rings is 1. The number of aliphatic hydroxyl groups excluding tert-OH is 1. The maximum Gasteiger partial charge on any atom is 0.257 e. The number of hydrogen-bond acceptors (Lipinski definition) is 7. The molecule has 0 radical (unpaired) electrons. The highest BCUT2D eigenvalue weighted by molar-refractivity contribution is 7.07. The second-order valence-corrected chi connectivity index (χ2v) is 3.30. The summed E-state index contributed by atoms with van der Waals surface area (Å²) in [7, 11) is 0. The third-order valence-corrected chi connectivity index (χ3v) is 2.20. The van der Waals surface area contributed by atoms with Gasteiger partial charge in [-0.1, -0.05) is 5.16 Å². The molecule has 0 amide bonds. The van der Waals surface area contributed by atoms with Gasteiger partial charge in [-0.2, -0.15) is 4.98 Å². The highest BCUT2D eigenvalue weighted by Crippen LogP contribution is 2.17. The van der Waals surface area contributed by atoms with Crippen molar-refractivity contribution in [2.45, 2.75) is 6.10 Å². The van der Waals surface area contributed by atoms with Crippen molar-refractivity contribution >= 4 is 11.3 Å². The zero-order valence-corrected chi connectivity index (χ0v) is 7.94. The maximum absolute atomic E-state index is 9.30. The molecule has 0 aliphatic heterocycles. The van der Waals surface area contributed by atoms with E-state index in [1.807, 2.05) is 0 Å². The lowest BCUT2D eigenvalue weighted by Gasteiger charge is -1.97. The SMILES string of the molecule is NCC(O)c1nc(-c2cscn2)no1. The highest BCUT2D eigenvalue weighted by Gasteiger charge is 2.15. The third kappa shape index (κ3) is 1.65. The average Bonchev–Trinajstić information content (AvgIpc) is 2.86. The van der Waals surface area contributed by atoms with Crippen molar-refractivity contribution in [1.82, 2.24) is 15.1 Å². The fourth-order valence-electron chi connectivity index (χ4n) is 0.898. The van der Waals surface area contributed by atoms with Crippen LogP contribution in [0, 0.1) is 0 Å². The summed E-state index contributed by atoms with van der Waals surface area (Å²) in [5, 5.41) is 14.8. The number of nitrogens with two attached hydrogens (primary N) is 1. The summed E-state index contributed by atoms with van der Waals surface area (Å²) in [5.74, 6) is 0.490. The minimum Gasteiger partial charge on any atom is -0.382 e. The summed E-state index contributed by atoms with van der Waals surface area (Å²) in [6.07, 6.45) is -0.908. The van der Waals surface area contributed by atoms with E-state index in [1.165, 1.54) is 11.3 Å². The predicted molar refractivity (Wildman–Crippen MR) is 49.4 cm³/mol. The van der Waals surface area contributed by atoms with Gasteiger partial charge in [0.25, 0.3) is 5.89 Å². The van der Waals surface area contributed by atoms with Crippen LogP contribution >= 0.6 is 11.3 Å². The van der Waals surface area contributed by atoms with Crippen molar-refractivity contribution < 1.29 is 9.63 Å². The van der Waals surface area contributed by atoms with Crippen molar-refractivity contribution in [3.63, 3.8) is 0 Å². The fraction of sp³-hybridized carbons (Fsp3) is 0.286. The first kappa shape index (κ1) is 9.25. The normalized spacial score (nSPS) is 13.0. The molecule has 0 aromatic carbocycles. The van der Waals surface area contributed by atoms with Crippen molar-refractivity contribution in [3.05, 3.63) is 16.8 Å². The van der Waals surface area contributed by atoms with Crippen LogP contribution in [0.1, 0.15) is 12.0 Å². The van der Waals surface area contributed by atoms with Crippen molar-refractivity contribution in [3.8, 4) is 11.5 Å². The number of hydrogen-bond donors (Lipinski definition) is 2. The molecule has 2 heterocycles. The van der Waals surface area contributed by atoms with Crippen molar-refractivity contribution in [2.24, 2.45) is 5.73 Å². The summed E-state index contributed by atoms with van der Waals surface area (Å²) in [6.45, 7) is 0.0543. The molecule has 1 unspecified atom stereocenters. The topological polar surface area (TPSA) is 98.1 Å². The Morgan fingerprint density at radius 1 is 1.64 bits per heavy atom. The predicted octanol–water partition coefficient (Wildman–Crippen LogP) is 0.185. The molecule has 2 aromatic rings. The van der Waals surface area contributed by atoms with E-state index in [2.05, 4.69) is 15.1 Å². The minimum absolute atomic E-state index is 0.0543. The Hall–Kier alpha value is -1.31. The van der Waals surface area contributed by atoms with Gasteiger partial charge in [-0.05, 0) is 0 Å². The number of aliphatic hydroxyl groups is 1. The van der Waals surface area contributed by atoms with Crippen LogP contribution in [0.4, 0.5) is 0 Å². The van der Waals surface area contributed by atoms with Gasteiger partial charge in [0.1, 0.15) is 11.8 Å². The smallest absolute Gasteiger partial charge is 0.257 e. The van der Waals surface area contributed by atoms with E-state index in [4.69, 9.17) is 10.3 Å². The molecule has 2 rings (SSSR count). The van der Waals surface area contributed by atoms with E-state index in [9.17, 15) is 5.11 Å². The lowest BCUT2D eigenvalue weighted by atomic mass is 10.3. The maximum atomic E-state index is 9.30. The fourth-order valence-corrected chi connectivity index (χ4v) is 1.43. The van der Waals surface area contributed by atoms with Crippen LogP contribution in [0.15, 0.2) is 15.4 Å². The van der Waals surface area contributed by atoms with Crippen LogP contribution in [0.5, 0.6) is 0 Å². The van der Waals surface area contributed by atoms with Crippen LogP contribution in [0.3, 0.4) is 0 Å². The van der Waals surface area contributed by atoms with Gasteiger partial charge >= 0.3 is 0 Å². The Morgan fingerprint density at radius 3 is 3.14 bits per heavy atom. The van der Waals surface area contributed by atoms with Gasteiger partial charge in [-0.3, -0.25) is 0 Å². The van der Waals surface area contributed by atoms with Crippen molar-refractivity contribution in [1.29, 1.82) is 0 Å². The van der Waals surface area contributed by atoms with Crippen LogP contribution in [-0.2, 0) is 0 Å². The molecular weight excluding hydrogens is 204 g/mol. The van der Waals surface area contributed by atoms with E-state index in [-0.39, 0.29) is 12.4 Å². The third-order valence-electron chi connectivity index (χ3n) is 1.61. The molecule has 7 heteroatoms. The van der Waals surface area contributed by atoms with Crippen LogP contribution in [0.25, 0.3) is 11.5 Å². The molecule has 0 saturated heterocycles. The molecule has 0 aliphatic carbocycles. The van der Waals surface area contributed by atoms with Gasteiger partial charge < -0.3 is 15.4 Å². The van der Waals surface area contributed by atoms with Gasteiger partial charge in [0, 0.05) is 11.9 Å². The van der Waals surface area contributed by atoms with Crippen LogP contribution in [-0.4, -0.2) is 26.8 Å². The molecule has 0 bridgehead atoms. The summed E-state index contributed by atoms with van der Waals surface area (Å²) in [5.41, 5.74) is 7.55. The molecule has 1 atom stereocenters. The Bertz CT molecular complexity index is 399. The quantitative estimate of drug-likeness (QED) is 0.753. The lowest BCUT2D eigenvalue weighted by Crippen LogP contribution is -2.11. The van der Waals surface area contributed by atoms with Gasteiger partial charge in [-0.25, -0.2) is 4.98 Å². The first-order valence-corrected chi connectivity index (χ1v) is 4.86. The summed E-state index contributed by atoms with van der Waals surface area (Å²) >= 11 is 1.44. The monoisotopic (exact) mass is 212 g/mol. The molecule has 0 fully saturated rings. The van der Waals surface area contributed by atoms with E-state index in [1.54, 1.807) is 10.9 Å². The Balaban J connectivity index is 2.26. The summed E-state index contributed by atoms with van der Waals surface area (Å²) < 4.78 is 4.81. The Kier molecular flexibility index (Phi) is 2.53. The van der Waals surface area contributed by atoms with Gasteiger partial charge in [0.15, 0.2) is 0 Å². The first-order valence-electron chi connectivity index (χ1n) is 3.91. The molecule has 3 N–H and O–H groups in total. The molecule has 74 valence electrons. The van der Waals surface area contributed by atoms with Gasteiger partial charge in [0.05, 0.1) is 5.51 Å². The van der Waals surface area contributed by atoms with Gasteiger partial charge in [0.2, 0.25) is 5.82 Å². The average molecular weight is 212 g/mol. The van der Waals surface area contributed by atoms with Crippen LogP contribution in [0.2, 0.25) is 0 Å². The molecule has 6 nitrogen and oxygen atoms in total. The van der Waals surface area contributed by atoms with Crippen LogP contribution < -0.4 is 5.73 Å². The molecular formula is C7H8N4O2S. The number of rotatable bonds is 3. The summed E-state index contributed by atoms with van der Waals surface area (Å²) in [4.78, 5) is 7.97. The van der Waals surface area contributed by atoms with E-state index in [0.717, 1.165) is 0 Å². The van der Waals surface area contributed by atoms with E-state index < -0.39 is 6.10 Å². The molecule has 0 saturated carbocycles. The van der Waals surface area contributed by atoms with E-state index in [0.29, 0.717) is 11.5 Å². The molecule has 2 aromatic heterocycles. The number of nitrogens with zero attached hydrogens (tertiary/aromatic N) is 3. The second kappa shape index (κ2) is 3.82.